The van der Waals surface area contributed by atoms with E-state index in [-0.39, 0.29) is 10.8 Å². The van der Waals surface area contributed by atoms with Crippen molar-refractivity contribution in [1.29, 1.82) is 0 Å². The Balaban J connectivity index is 1.97. The molecule has 0 aliphatic carbocycles. The van der Waals surface area contributed by atoms with Gasteiger partial charge >= 0.3 is 0 Å². The minimum atomic E-state index is -1.75. The fourth-order valence-corrected chi connectivity index (χ4v) is 4.92. The van der Waals surface area contributed by atoms with Crippen LogP contribution in [0.25, 0.3) is 11.0 Å². The van der Waals surface area contributed by atoms with E-state index >= 15 is 0 Å². The number of hydrogen-bond donors (Lipinski definition) is 0. The highest BCUT2D eigenvalue weighted by molar-refractivity contribution is 6.79. The molecule has 5 heteroatoms. The first-order valence-electron chi connectivity index (χ1n) is 9.32. The topological polar surface area (TPSA) is 38.1 Å². The molecule has 27 heavy (non-hydrogen) atoms. The van der Waals surface area contributed by atoms with Gasteiger partial charge in [0.2, 0.25) is 0 Å². The highest BCUT2D eigenvalue weighted by atomic mass is 28.3. The first-order chi connectivity index (χ1) is 12.5. The molecule has 0 atom stereocenters. The number of pyridine rings is 1. The van der Waals surface area contributed by atoms with Crippen molar-refractivity contribution in [2.75, 3.05) is 19.0 Å². The zero-order valence-electron chi connectivity index (χ0n) is 17.4. The summed E-state index contributed by atoms with van der Waals surface area (Å²) in [5.41, 5.74) is 3.37. The van der Waals surface area contributed by atoms with Crippen LogP contribution in [0.1, 0.15) is 36.7 Å². The maximum atomic E-state index is 12.9. The number of nitrogens with zero attached hydrogens (tertiary/aromatic N) is 3. The van der Waals surface area contributed by atoms with Crippen LogP contribution in [0.5, 0.6) is 0 Å². The highest BCUT2D eigenvalue weighted by Crippen LogP contribution is 2.38. The number of carbonyl (C=O) groups is 1. The molecule has 0 saturated carbocycles. The fourth-order valence-electron chi connectivity index (χ4n) is 3.04. The van der Waals surface area contributed by atoms with Gasteiger partial charge in [-0.25, -0.2) is 4.98 Å². The van der Waals surface area contributed by atoms with Crippen molar-refractivity contribution in [3.8, 4) is 0 Å². The fraction of sp³-hybridized carbons (Fsp3) is 0.364. The van der Waals surface area contributed by atoms with Gasteiger partial charge in [0, 0.05) is 42.5 Å². The second-order valence-electron chi connectivity index (χ2n) is 8.90. The molecule has 0 radical (unpaired) electrons. The van der Waals surface area contributed by atoms with Gasteiger partial charge in [0.25, 0.3) is 0 Å². The van der Waals surface area contributed by atoms with E-state index in [1.807, 2.05) is 49.3 Å². The van der Waals surface area contributed by atoms with Crippen molar-refractivity contribution >= 4 is 30.7 Å². The van der Waals surface area contributed by atoms with Crippen molar-refractivity contribution in [2.24, 2.45) is 0 Å². The normalized spacial score (nSPS) is 12.4. The number of carbonyl (C=O) groups excluding carboxylic acids is 1. The second-order valence-corrected chi connectivity index (χ2v) is 14.0. The quantitative estimate of drug-likeness (QED) is 0.463. The molecule has 0 aliphatic heterocycles. The molecule has 1 aromatic carbocycles. The van der Waals surface area contributed by atoms with Crippen LogP contribution in [0.2, 0.25) is 18.1 Å². The predicted octanol–water partition coefficient (Wildman–Crippen LogP) is 5.19. The Morgan fingerprint density at radius 2 is 1.67 bits per heavy atom. The van der Waals surface area contributed by atoms with E-state index < -0.39 is 8.24 Å². The summed E-state index contributed by atoms with van der Waals surface area (Å²) in [5.74, 6) is 0.00906. The minimum Gasteiger partial charge on any atom is -0.378 e. The Hall–Kier alpha value is -2.40. The molecule has 0 fully saturated rings. The largest absolute Gasteiger partial charge is 0.378 e. The molecule has 2 heterocycles. The van der Waals surface area contributed by atoms with Crippen molar-refractivity contribution in [3.05, 3.63) is 59.9 Å². The summed E-state index contributed by atoms with van der Waals surface area (Å²) in [7, 11) is 2.22. The summed E-state index contributed by atoms with van der Waals surface area (Å²) >= 11 is 0. The Morgan fingerprint density at radius 3 is 2.22 bits per heavy atom. The maximum Gasteiger partial charge on any atom is 0.194 e. The Labute approximate surface area is 162 Å². The first-order valence-corrected chi connectivity index (χ1v) is 12.3. The summed E-state index contributed by atoms with van der Waals surface area (Å²) in [6.45, 7) is 11.6. The lowest BCUT2D eigenvalue weighted by Crippen LogP contribution is -2.45. The predicted molar refractivity (Wildman–Crippen MR) is 117 cm³/mol. The van der Waals surface area contributed by atoms with Crippen LogP contribution in [-0.2, 0) is 0 Å². The summed E-state index contributed by atoms with van der Waals surface area (Å²) in [6, 6.07) is 11.7. The average molecular weight is 380 g/mol. The minimum absolute atomic E-state index is 0.00906. The molecular formula is C22H29N3OSi. The molecule has 4 nitrogen and oxygen atoms in total. The second kappa shape index (κ2) is 6.64. The van der Waals surface area contributed by atoms with Crippen LogP contribution in [-0.4, -0.2) is 37.3 Å². The summed E-state index contributed by atoms with van der Waals surface area (Å²) < 4.78 is 2.35. The van der Waals surface area contributed by atoms with Gasteiger partial charge in [-0.2, -0.15) is 0 Å². The number of ketones is 1. The van der Waals surface area contributed by atoms with Crippen molar-refractivity contribution in [1.82, 2.24) is 9.22 Å². The SMILES string of the molecule is CN(C)c1ccc(C(=O)c2cnc3c(ccn3[Si](C)(C)C(C)(C)C)c2)cc1. The summed E-state index contributed by atoms with van der Waals surface area (Å²) in [5, 5.41) is 1.24. The van der Waals surface area contributed by atoms with Crippen molar-refractivity contribution < 1.29 is 4.79 Å². The zero-order chi connectivity index (χ0) is 20.0. The van der Waals surface area contributed by atoms with Gasteiger partial charge in [0.15, 0.2) is 14.0 Å². The number of anilines is 1. The Bertz CT molecular complexity index is 979. The van der Waals surface area contributed by atoms with Gasteiger partial charge < -0.3 is 9.13 Å². The van der Waals surface area contributed by atoms with Gasteiger partial charge in [-0.1, -0.05) is 33.9 Å². The maximum absolute atomic E-state index is 12.9. The number of aromatic nitrogens is 2. The van der Waals surface area contributed by atoms with Gasteiger partial charge in [-0.05, 0) is 47.6 Å². The number of rotatable bonds is 4. The van der Waals surface area contributed by atoms with E-state index in [1.54, 1.807) is 6.20 Å². The lowest BCUT2D eigenvalue weighted by atomic mass is 10.0. The third-order valence-corrected chi connectivity index (χ3v) is 11.1. The molecular weight excluding hydrogens is 350 g/mol. The van der Waals surface area contributed by atoms with E-state index in [0.29, 0.717) is 11.1 Å². The number of benzene rings is 1. The zero-order valence-corrected chi connectivity index (χ0v) is 18.4. The number of fused-ring (bicyclic) bond motifs is 1. The Kier molecular flexibility index (Phi) is 4.76. The first kappa shape index (κ1) is 19.4. The number of hydrogen-bond acceptors (Lipinski definition) is 3. The third kappa shape index (κ3) is 3.44. The monoisotopic (exact) mass is 379 g/mol. The molecule has 0 saturated heterocycles. The van der Waals surface area contributed by atoms with Crippen LogP contribution in [0.3, 0.4) is 0 Å². The van der Waals surface area contributed by atoms with Crippen molar-refractivity contribution in [3.63, 3.8) is 0 Å². The molecule has 0 amide bonds. The Morgan fingerprint density at radius 1 is 1.04 bits per heavy atom. The highest BCUT2D eigenvalue weighted by Gasteiger charge is 2.38. The van der Waals surface area contributed by atoms with Crippen LogP contribution in [0, 0.1) is 0 Å². The molecule has 3 rings (SSSR count). The van der Waals surface area contributed by atoms with Crippen LogP contribution >= 0.6 is 0 Å². The molecule has 0 spiro atoms. The van der Waals surface area contributed by atoms with E-state index in [2.05, 4.69) is 55.3 Å². The summed E-state index contributed by atoms with van der Waals surface area (Å²) in [6.07, 6.45) is 3.85. The molecule has 2 aromatic heterocycles. The lowest BCUT2D eigenvalue weighted by molar-refractivity contribution is 0.103. The third-order valence-electron chi connectivity index (χ3n) is 5.87. The standard InChI is InChI=1S/C22H29N3OSi/c1-22(2,3)27(6,7)25-13-12-17-14-18(15-23-21(17)25)20(26)16-8-10-19(11-9-16)24(4)5/h8-15H,1-7H3. The van der Waals surface area contributed by atoms with Gasteiger partial charge in [0.05, 0.1) is 0 Å². The van der Waals surface area contributed by atoms with Gasteiger partial charge in [0.1, 0.15) is 5.65 Å². The molecule has 0 unspecified atom stereocenters. The van der Waals surface area contributed by atoms with E-state index in [4.69, 9.17) is 0 Å². The van der Waals surface area contributed by atoms with Crippen molar-refractivity contribution in [2.45, 2.75) is 38.9 Å². The van der Waals surface area contributed by atoms with Crippen LogP contribution < -0.4 is 4.90 Å². The van der Waals surface area contributed by atoms with E-state index in [9.17, 15) is 4.79 Å². The lowest BCUT2D eigenvalue weighted by Gasteiger charge is -2.38. The summed E-state index contributed by atoms with van der Waals surface area (Å²) in [4.78, 5) is 19.6. The molecule has 0 N–H and O–H groups in total. The van der Waals surface area contributed by atoms with E-state index in [1.165, 1.54) is 0 Å². The smallest absolute Gasteiger partial charge is 0.194 e. The van der Waals surface area contributed by atoms with Crippen LogP contribution in [0.15, 0.2) is 48.8 Å². The van der Waals surface area contributed by atoms with Gasteiger partial charge in [-0.3, -0.25) is 4.79 Å². The molecule has 0 bridgehead atoms. The molecule has 142 valence electrons. The average Bonchev–Trinajstić information content (AvgIpc) is 3.04. The molecule has 3 aromatic rings. The van der Waals surface area contributed by atoms with E-state index in [0.717, 1.165) is 16.7 Å². The van der Waals surface area contributed by atoms with Crippen LogP contribution in [0.4, 0.5) is 5.69 Å². The molecule has 0 aliphatic rings. The van der Waals surface area contributed by atoms with Gasteiger partial charge in [-0.15, -0.1) is 0 Å².